The highest BCUT2D eigenvalue weighted by atomic mass is 32.2. The van der Waals surface area contributed by atoms with Crippen molar-refractivity contribution < 1.29 is 18.0 Å². The van der Waals surface area contributed by atoms with Crippen molar-refractivity contribution >= 4 is 33.2 Å². The van der Waals surface area contributed by atoms with Crippen LogP contribution in [-0.2, 0) is 19.6 Å². The predicted molar refractivity (Wildman–Crippen MR) is 112 cm³/mol. The number of nitrogens with one attached hydrogen (secondary N) is 1. The molecule has 0 saturated carbocycles. The van der Waals surface area contributed by atoms with E-state index < -0.39 is 16.1 Å². The SMILES string of the molecule is CC(=O)NC(CC(=O)N1CCN(S(=O)(=O)c2ccccc2C#N)CC1)c1cccs1. The van der Waals surface area contributed by atoms with Gasteiger partial charge in [0.15, 0.2) is 0 Å². The van der Waals surface area contributed by atoms with Crippen LogP contribution >= 0.6 is 11.3 Å². The molecule has 158 valence electrons. The Morgan fingerprint density at radius 2 is 1.87 bits per heavy atom. The minimum absolute atomic E-state index is 0.0179. The van der Waals surface area contributed by atoms with Crippen LogP contribution in [0.4, 0.5) is 0 Å². The van der Waals surface area contributed by atoms with Crippen LogP contribution in [0.3, 0.4) is 0 Å². The Balaban J connectivity index is 1.65. The molecule has 0 spiro atoms. The lowest BCUT2D eigenvalue weighted by Gasteiger charge is -2.34. The normalized spacial score (nSPS) is 15.9. The second kappa shape index (κ2) is 9.38. The van der Waals surface area contributed by atoms with Crippen LogP contribution < -0.4 is 5.32 Å². The average Bonchev–Trinajstić information content (AvgIpc) is 3.28. The van der Waals surface area contributed by atoms with Gasteiger partial charge in [-0.15, -0.1) is 11.3 Å². The van der Waals surface area contributed by atoms with Crippen molar-refractivity contribution in [1.82, 2.24) is 14.5 Å². The van der Waals surface area contributed by atoms with Gasteiger partial charge in [0.2, 0.25) is 21.8 Å². The molecule has 2 heterocycles. The van der Waals surface area contributed by atoms with Crippen LogP contribution in [0.5, 0.6) is 0 Å². The number of piperazine rings is 1. The molecule has 10 heteroatoms. The lowest BCUT2D eigenvalue weighted by molar-refractivity contribution is -0.133. The molecule has 1 atom stereocenters. The van der Waals surface area contributed by atoms with Gasteiger partial charge in [0.25, 0.3) is 0 Å². The number of carbonyl (C=O) groups is 2. The van der Waals surface area contributed by atoms with Crippen LogP contribution in [0.25, 0.3) is 0 Å². The number of carbonyl (C=O) groups excluding carboxylic acids is 2. The molecule has 0 radical (unpaired) electrons. The summed E-state index contributed by atoms with van der Waals surface area (Å²) in [5.74, 6) is -0.357. The Hall–Kier alpha value is -2.74. The first-order chi connectivity index (χ1) is 14.3. The number of thiophene rings is 1. The van der Waals surface area contributed by atoms with Crippen LogP contribution in [0, 0.1) is 11.3 Å². The quantitative estimate of drug-likeness (QED) is 0.726. The lowest BCUT2D eigenvalue weighted by Crippen LogP contribution is -2.51. The van der Waals surface area contributed by atoms with E-state index in [1.807, 2.05) is 23.6 Å². The third-order valence-electron chi connectivity index (χ3n) is 4.86. The van der Waals surface area contributed by atoms with Crippen molar-refractivity contribution in [3.8, 4) is 6.07 Å². The van der Waals surface area contributed by atoms with Gasteiger partial charge in [0.1, 0.15) is 6.07 Å². The Labute approximate surface area is 179 Å². The molecule has 1 fully saturated rings. The Morgan fingerprint density at radius 3 is 2.47 bits per heavy atom. The summed E-state index contributed by atoms with van der Waals surface area (Å²) in [5.41, 5.74) is 0.102. The molecule has 1 saturated heterocycles. The molecular formula is C20H22N4O4S2. The van der Waals surface area contributed by atoms with E-state index in [2.05, 4.69) is 5.32 Å². The minimum atomic E-state index is -3.81. The first kappa shape index (κ1) is 22.0. The topological polar surface area (TPSA) is 111 Å². The van der Waals surface area contributed by atoms with E-state index in [-0.39, 0.29) is 54.9 Å². The van der Waals surface area contributed by atoms with Crippen LogP contribution in [0.15, 0.2) is 46.7 Å². The highest BCUT2D eigenvalue weighted by molar-refractivity contribution is 7.89. The number of rotatable bonds is 6. The van der Waals surface area contributed by atoms with E-state index in [4.69, 9.17) is 0 Å². The van der Waals surface area contributed by atoms with Gasteiger partial charge in [-0.3, -0.25) is 9.59 Å². The molecule has 8 nitrogen and oxygen atoms in total. The third-order valence-corrected chi connectivity index (χ3v) is 7.80. The van der Waals surface area contributed by atoms with Gasteiger partial charge in [-0.25, -0.2) is 8.42 Å². The molecule has 1 unspecified atom stereocenters. The number of hydrogen-bond acceptors (Lipinski definition) is 6. The van der Waals surface area contributed by atoms with Gasteiger partial charge in [-0.05, 0) is 23.6 Å². The Kier molecular flexibility index (Phi) is 6.87. The summed E-state index contributed by atoms with van der Waals surface area (Å²) in [6, 6.07) is 11.3. The zero-order valence-electron chi connectivity index (χ0n) is 16.4. The Morgan fingerprint density at radius 1 is 1.17 bits per heavy atom. The second-order valence-corrected chi connectivity index (χ2v) is 9.75. The molecule has 3 rings (SSSR count). The highest BCUT2D eigenvalue weighted by Crippen LogP contribution is 2.24. The molecular weight excluding hydrogens is 424 g/mol. The summed E-state index contributed by atoms with van der Waals surface area (Å²) in [6.45, 7) is 2.22. The lowest BCUT2D eigenvalue weighted by atomic mass is 10.1. The molecule has 1 aliphatic rings. The van der Waals surface area contributed by atoms with E-state index in [9.17, 15) is 23.3 Å². The first-order valence-corrected chi connectivity index (χ1v) is 11.7. The molecule has 30 heavy (non-hydrogen) atoms. The second-order valence-electron chi connectivity index (χ2n) is 6.87. The smallest absolute Gasteiger partial charge is 0.244 e. The van der Waals surface area contributed by atoms with Crippen molar-refractivity contribution in [2.75, 3.05) is 26.2 Å². The number of benzene rings is 1. The van der Waals surface area contributed by atoms with Crippen LogP contribution in [0.2, 0.25) is 0 Å². The largest absolute Gasteiger partial charge is 0.348 e. The predicted octanol–water partition coefficient (Wildman–Crippen LogP) is 1.72. The zero-order chi connectivity index (χ0) is 21.7. The number of amides is 2. The minimum Gasteiger partial charge on any atom is -0.348 e. The fourth-order valence-corrected chi connectivity index (χ4v) is 5.70. The van der Waals surface area contributed by atoms with Gasteiger partial charge >= 0.3 is 0 Å². The van der Waals surface area contributed by atoms with Crippen molar-refractivity contribution in [3.05, 3.63) is 52.2 Å². The van der Waals surface area contributed by atoms with Gasteiger partial charge in [-0.2, -0.15) is 9.57 Å². The van der Waals surface area contributed by atoms with Crippen LogP contribution in [-0.4, -0.2) is 55.6 Å². The maximum Gasteiger partial charge on any atom is 0.244 e. The molecule has 1 aliphatic heterocycles. The summed E-state index contributed by atoms with van der Waals surface area (Å²) < 4.78 is 27.1. The molecule has 1 N–H and O–H groups in total. The molecule has 0 aliphatic carbocycles. The van der Waals surface area contributed by atoms with E-state index in [0.717, 1.165) is 4.88 Å². The highest BCUT2D eigenvalue weighted by Gasteiger charge is 2.32. The standard InChI is InChI=1S/C20H22N4O4S2/c1-15(25)22-17(18-6-4-12-29-18)13-20(26)23-8-10-24(11-9-23)30(27,28)19-7-3-2-5-16(19)14-21/h2-7,12,17H,8-11,13H2,1H3,(H,22,25). The van der Waals surface area contributed by atoms with E-state index in [1.54, 1.807) is 17.0 Å². The number of nitriles is 1. The molecule has 2 amide bonds. The average molecular weight is 447 g/mol. The van der Waals surface area contributed by atoms with E-state index in [1.165, 1.54) is 34.7 Å². The van der Waals surface area contributed by atoms with Gasteiger partial charge in [-0.1, -0.05) is 18.2 Å². The summed E-state index contributed by atoms with van der Waals surface area (Å²) in [4.78, 5) is 26.8. The zero-order valence-corrected chi connectivity index (χ0v) is 18.1. The summed E-state index contributed by atoms with van der Waals surface area (Å²) in [7, 11) is -3.81. The fraction of sp³-hybridized carbons (Fsp3) is 0.350. The summed E-state index contributed by atoms with van der Waals surface area (Å²) >= 11 is 1.47. The van der Waals surface area contributed by atoms with Gasteiger partial charge in [0.05, 0.1) is 22.9 Å². The maximum atomic E-state index is 12.9. The van der Waals surface area contributed by atoms with E-state index >= 15 is 0 Å². The maximum absolute atomic E-state index is 12.9. The third kappa shape index (κ3) is 4.87. The van der Waals surface area contributed by atoms with Gasteiger partial charge in [0, 0.05) is 38.0 Å². The van der Waals surface area contributed by atoms with Crippen molar-refractivity contribution in [2.24, 2.45) is 0 Å². The summed E-state index contributed by atoms with van der Waals surface area (Å²) in [5, 5.41) is 13.9. The number of hydrogen-bond donors (Lipinski definition) is 1. The molecule has 0 bridgehead atoms. The summed E-state index contributed by atoms with van der Waals surface area (Å²) in [6.07, 6.45) is 0.115. The molecule has 2 aromatic rings. The van der Waals surface area contributed by atoms with Crippen molar-refractivity contribution in [1.29, 1.82) is 5.26 Å². The van der Waals surface area contributed by atoms with Crippen molar-refractivity contribution in [3.63, 3.8) is 0 Å². The monoisotopic (exact) mass is 446 g/mol. The number of sulfonamides is 1. The van der Waals surface area contributed by atoms with E-state index in [0.29, 0.717) is 0 Å². The van der Waals surface area contributed by atoms with Crippen LogP contribution in [0.1, 0.15) is 29.8 Å². The van der Waals surface area contributed by atoms with Gasteiger partial charge < -0.3 is 10.2 Å². The first-order valence-electron chi connectivity index (χ1n) is 9.40. The fourth-order valence-electron chi connectivity index (χ4n) is 3.36. The Bertz CT molecular complexity index is 1050. The molecule has 1 aromatic carbocycles. The van der Waals surface area contributed by atoms with Crippen molar-refractivity contribution in [2.45, 2.75) is 24.3 Å². The molecule has 1 aromatic heterocycles. The number of nitrogens with zero attached hydrogens (tertiary/aromatic N) is 3.